The van der Waals surface area contributed by atoms with Gasteiger partial charge < -0.3 is 10.4 Å². The van der Waals surface area contributed by atoms with Gasteiger partial charge in [-0.15, -0.1) is 0 Å². The van der Waals surface area contributed by atoms with Gasteiger partial charge in [-0.3, -0.25) is 0 Å². The van der Waals surface area contributed by atoms with Crippen LogP contribution < -0.4 is 5.32 Å². The molecular weight excluding hydrogens is 162 g/mol. The van der Waals surface area contributed by atoms with Crippen LogP contribution >= 0.6 is 0 Å². The highest BCUT2D eigenvalue weighted by molar-refractivity contribution is 5.36. The summed E-state index contributed by atoms with van der Waals surface area (Å²) in [6.45, 7) is 4.17. The van der Waals surface area contributed by atoms with E-state index >= 15 is 0 Å². The molecule has 0 aromatic heterocycles. The Kier molecular flexibility index (Phi) is 2.34. The highest BCUT2D eigenvalue weighted by Gasteiger charge is 2.18. The number of fused-ring (bicyclic) bond motifs is 1. The fraction of sp³-hybridized carbons (Fsp3) is 0.455. The van der Waals surface area contributed by atoms with Crippen LogP contribution in [0.25, 0.3) is 0 Å². The quantitative estimate of drug-likeness (QED) is 0.675. The lowest BCUT2D eigenvalue weighted by atomic mass is 9.90. The van der Waals surface area contributed by atoms with E-state index in [0.29, 0.717) is 0 Å². The molecule has 1 aliphatic rings. The Morgan fingerprint density at radius 1 is 1.54 bits per heavy atom. The number of hydrogen-bond acceptors (Lipinski definition) is 2. The minimum Gasteiger partial charge on any atom is -0.396 e. The summed E-state index contributed by atoms with van der Waals surface area (Å²) >= 11 is 0. The third kappa shape index (κ3) is 1.60. The van der Waals surface area contributed by atoms with Crippen LogP contribution in [0.15, 0.2) is 18.2 Å². The molecule has 0 fully saturated rings. The van der Waals surface area contributed by atoms with Crippen molar-refractivity contribution in [1.29, 1.82) is 0 Å². The van der Waals surface area contributed by atoms with Crippen molar-refractivity contribution >= 4 is 0 Å². The number of aliphatic hydroxyl groups excluding tert-OH is 1. The average Bonchev–Trinajstić information content (AvgIpc) is 2.16. The molecule has 1 unspecified atom stereocenters. The summed E-state index contributed by atoms with van der Waals surface area (Å²) in [5.74, 6) is 0.282. The van der Waals surface area contributed by atoms with E-state index in [0.717, 1.165) is 13.1 Å². The lowest BCUT2D eigenvalue weighted by Crippen LogP contribution is -2.30. The third-order valence-electron chi connectivity index (χ3n) is 2.66. The van der Waals surface area contributed by atoms with Gasteiger partial charge in [-0.2, -0.15) is 0 Å². The van der Waals surface area contributed by atoms with Crippen LogP contribution in [0.5, 0.6) is 0 Å². The fourth-order valence-corrected chi connectivity index (χ4v) is 1.94. The maximum absolute atomic E-state index is 9.17. The minimum atomic E-state index is 0.239. The van der Waals surface area contributed by atoms with E-state index in [2.05, 4.69) is 30.4 Å². The van der Waals surface area contributed by atoms with E-state index in [1.165, 1.54) is 16.7 Å². The summed E-state index contributed by atoms with van der Waals surface area (Å²) in [7, 11) is 0. The molecule has 13 heavy (non-hydrogen) atoms. The van der Waals surface area contributed by atoms with Gasteiger partial charge in [-0.1, -0.05) is 23.8 Å². The summed E-state index contributed by atoms with van der Waals surface area (Å²) in [5.41, 5.74) is 3.94. The first-order valence-corrected chi connectivity index (χ1v) is 4.72. The molecule has 0 radical (unpaired) electrons. The number of aryl methyl sites for hydroxylation is 1. The molecular formula is C11H15NO. The van der Waals surface area contributed by atoms with Crippen LogP contribution in [-0.4, -0.2) is 18.3 Å². The predicted octanol–water partition coefficient (Wildman–Crippen LogP) is 1.17. The molecule has 0 bridgehead atoms. The van der Waals surface area contributed by atoms with Crippen molar-refractivity contribution in [1.82, 2.24) is 5.32 Å². The van der Waals surface area contributed by atoms with Gasteiger partial charge in [0, 0.05) is 19.0 Å². The molecule has 1 atom stereocenters. The topological polar surface area (TPSA) is 32.3 Å². The third-order valence-corrected chi connectivity index (χ3v) is 2.66. The molecule has 2 rings (SSSR count). The van der Waals surface area contributed by atoms with Crippen molar-refractivity contribution in [2.75, 3.05) is 13.2 Å². The van der Waals surface area contributed by atoms with Crippen LogP contribution in [0.2, 0.25) is 0 Å². The Morgan fingerprint density at radius 3 is 3.15 bits per heavy atom. The molecule has 0 amide bonds. The summed E-state index contributed by atoms with van der Waals surface area (Å²) in [6, 6.07) is 6.46. The van der Waals surface area contributed by atoms with E-state index in [4.69, 9.17) is 5.11 Å². The molecule has 2 heteroatoms. The summed E-state index contributed by atoms with van der Waals surface area (Å²) in [6.07, 6.45) is 0. The van der Waals surface area contributed by atoms with Gasteiger partial charge >= 0.3 is 0 Å². The lowest BCUT2D eigenvalue weighted by Gasteiger charge is -2.25. The van der Waals surface area contributed by atoms with Crippen molar-refractivity contribution in [3.8, 4) is 0 Å². The Morgan fingerprint density at radius 2 is 2.38 bits per heavy atom. The number of nitrogens with one attached hydrogen (secondary N) is 1. The first kappa shape index (κ1) is 8.73. The molecule has 1 aromatic carbocycles. The average molecular weight is 177 g/mol. The zero-order valence-electron chi connectivity index (χ0n) is 7.88. The molecule has 1 aliphatic heterocycles. The first-order chi connectivity index (χ1) is 6.31. The molecule has 2 N–H and O–H groups in total. The second-order valence-electron chi connectivity index (χ2n) is 3.71. The smallest absolute Gasteiger partial charge is 0.0512 e. The van der Waals surface area contributed by atoms with E-state index in [9.17, 15) is 0 Å². The molecule has 1 aromatic rings. The molecule has 0 aliphatic carbocycles. The highest BCUT2D eigenvalue weighted by atomic mass is 16.3. The number of benzene rings is 1. The Hall–Kier alpha value is -0.860. The van der Waals surface area contributed by atoms with Crippen molar-refractivity contribution < 1.29 is 5.11 Å². The van der Waals surface area contributed by atoms with E-state index in [-0.39, 0.29) is 12.5 Å². The maximum Gasteiger partial charge on any atom is 0.0512 e. The molecule has 1 heterocycles. The standard InChI is InChI=1S/C11H15NO/c1-8-2-3-11-9(4-8)5-12-6-10(11)7-13/h2-4,10,12-13H,5-7H2,1H3. The van der Waals surface area contributed by atoms with Gasteiger partial charge in [0.2, 0.25) is 0 Å². The van der Waals surface area contributed by atoms with Gasteiger partial charge in [0.05, 0.1) is 6.61 Å². The van der Waals surface area contributed by atoms with Gasteiger partial charge in [0.25, 0.3) is 0 Å². The van der Waals surface area contributed by atoms with Crippen LogP contribution in [-0.2, 0) is 6.54 Å². The summed E-state index contributed by atoms with van der Waals surface area (Å²) < 4.78 is 0. The van der Waals surface area contributed by atoms with Crippen LogP contribution in [0.3, 0.4) is 0 Å². The van der Waals surface area contributed by atoms with Gasteiger partial charge in [-0.05, 0) is 18.1 Å². The van der Waals surface area contributed by atoms with Gasteiger partial charge in [0.15, 0.2) is 0 Å². The fourth-order valence-electron chi connectivity index (χ4n) is 1.94. The zero-order chi connectivity index (χ0) is 9.26. The summed E-state index contributed by atoms with van der Waals surface area (Å²) in [4.78, 5) is 0. The predicted molar refractivity (Wildman–Crippen MR) is 52.7 cm³/mol. The van der Waals surface area contributed by atoms with E-state index in [1.54, 1.807) is 0 Å². The Balaban J connectivity index is 2.40. The molecule has 0 spiro atoms. The largest absolute Gasteiger partial charge is 0.396 e. The normalized spacial score (nSPS) is 21.2. The highest BCUT2D eigenvalue weighted by Crippen LogP contribution is 2.24. The van der Waals surface area contributed by atoms with Crippen molar-refractivity contribution in [3.63, 3.8) is 0 Å². The second kappa shape index (κ2) is 3.48. The Bertz CT molecular complexity index is 309. The number of rotatable bonds is 1. The van der Waals surface area contributed by atoms with Crippen LogP contribution in [0.4, 0.5) is 0 Å². The number of hydrogen-bond donors (Lipinski definition) is 2. The second-order valence-corrected chi connectivity index (χ2v) is 3.71. The molecule has 2 nitrogen and oxygen atoms in total. The number of aliphatic hydroxyl groups is 1. The van der Waals surface area contributed by atoms with E-state index in [1.807, 2.05) is 0 Å². The molecule has 0 saturated heterocycles. The monoisotopic (exact) mass is 177 g/mol. The van der Waals surface area contributed by atoms with Crippen molar-refractivity contribution in [2.24, 2.45) is 0 Å². The van der Waals surface area contributed by atoms with Gasteiger partial charge in [-0.25, -0.2) is 0 Å². The van der Waals surface area contributed by atoms with Crippen molar-refractivity contribution in [2.45, 2.75) is 19.4 Å². The first-order valence-electron chi connectivity index (χ1n) is 4.72. The van der Waals surface area contributed by atoms with Gasteiger partial charge in [0.1, 0.15) is 0 Å². The SMILES string of the molecule is Cc1ccc2c(c1)CNCC2CO. The zero-order valence-corrected chi connectivity index (χ0v) is 7.88. The summed E-state index contributed by atoms with van der Waals surface area (Å²) in [5, 5.41) is 12.5. The molecule has 70 valence electrons. The Labute approximate surface area is 78.6 Å². The lowest BCUT2D eigenvalue weighted by molar-refractivity contribution is 0.256. The molecule has 0 saturated carbocycles. The van der Waals surface area contributed by atoms with Crippen molar-refractivity contribution in [3.05, 3.63) is 34.9 Å². The van der Waals surface area contributed by atoms with Crippen LogP contribution in [0.1, 0.15) is 22.6 Å². The van der Waals surface area contributed by atoms with E-state index < -0.39 is 0 Å². The minimum absolute atomic E-state index is 0.239. The maximum atomic E-state index is 9.17. The van der Waals surface area contributed by atoms with Crippen LogP contribution in [0, 0.1) is 6.92 Å².